The van der Waals surface area contributed by atoms with E-state index in [1.807, 2.05) is 0 Å². The van der Waals surface area contributed by atoms with Crippen LogP contribution in [-0.4, -0.2) is 11.8 Å². The Morgan fingerprint density at radius 3 is 1.42 bits per heavy atom. The van der Waals surface area contributed by atoms with Crippen LogP contribution >= 0.6 is 0 Å². The lowest BCUT2D eigenvalue weighted by molar-refractivity contribution is -0.117. The average molecular weight is 360 g/mol. The van der Waals surface area contributed by atoms with Crippen LogP contribution in [0.15, 0.2) is 48.5 Å². The largest absolute Gasteiger partial charge is 0.324 e. The zero-order valence-electron chi connectivity index (χ0n) is 14.4. The summed E-state index contributed by atoms with van der Waals surface area (Å²) in [6.45, 7) is 0. The monoisotopic (exact) mass is 360 g/mol. The standard InChI is InChI=1S/C20H22F2N2O2/c21-15-9-5-7-11-17(15)23-19(25)13-3-1-2-4-14-20(26)24-18-12-8-6-10-16(18)22/h5-12H,1-4,13-14H2,(H,23,25)(H,24,26). The van der Waals surface area contributed by atoms with E-state index in [9.17, 15) is 18.4 Å². The second-order valence-corrected chi connectivity index (χ2v) is 5.97. The van der Waals surface area contributed by atoms with Crippen LogP contribution in [0.5, 0.6) is 0 Å². The third kappa shape index (κ3) is 6.63. The van der Waals surface area contributed by atoms with Crippen molar-refractivity contribution in [3.05, 3.63) is 60.2 Å². The molecule has 0 saturated heterocycles. The molecule has 6 heteroatoms. The molecule has 0 aliphatic carbocycles. The molecule has 138 valence electrons. The topological polar surface area (TPSA) is 58.2 Å². The summed E-state index contributed by atoms with van der Waals surface area (Å²) in [5.41, 5.74) is 0.365. The first-order chi connectivity index (χ1) is 12.6. The van der Waals surface area contributed by atoms with Crippen molar-refractivity contribution in [3.63, 3.8) is 0 Å². The highest BCUT2D eigenvalue weighted by molar-refractivity contribution is 5.91. The molecule has 2 N–H and O–H groups in total. The summed E-state index contributed by atoms with van der Waals surface area (Å²) in [4.78, 5) is 23.5. The molecule has 2 aromatic carbocycles. The summed E-state index contributed by atoms with van der Waals surface area (Å²) in [5.74, 6) is -1.37. The molecule has 0 unspecified atom stereocenters. The molecule has 0 aliphatic rings. The molecule has 4 nitrogen and oxygen atoms in total. The number of hydrogen-bond acceptors (Lipinski definition) is 2. The summed E-state index contributed by atoms with van der Waals surface area (Å²) < 4.78 is 26.8. The van der Waals surface area contributed by atoms with Gasteiger partial charge >= 0.3 is 0 Å². The maximum Gasteiger partial charge on any atom is 0.224 e. The molecule has 2 amide bonds. The van der Waals surface area contributed by atoms with Crippen LogP contribution in [-0.2, 0) is 9.59 Å². The fourth-order valence-corrected chi connectivity index (χ4v) is 2.48. The third-order valence-electron chi connectivity index (χ3n) is 3.85. The van der Waals surface area contributed by atoms with E-state index in [4.69, 9.17) is 0 Å². The Labute approximate surface area is 151 Å². The molecule has 0 saturated carbocycles. The van der Waals surface area contributed by atoms with Gasteiger partial charge in [0, 0.05) is 12.8 Å². The van der Waals surface area contributed by atoms with E-state index in [2.05, 4.69) is 10.6 Å². The van der Waals surface area contributed by atoms with Gasteiger partial charge in [-0.2, -0.15) is 0 Å². The quantitative estimate of drug-likeness (QED) is 0.626. The zero-order chi connectivity index (χ0) is 18.8. The number of amides is 2. The number of hydrogen-bond donors (Lipinski definition) is 2. The number of para-hydroxylation sites is 2. The minimum Gasteiger partial charge on any atom is -0.324 e. The van der Waals surface area contributed by atoms with Gasteiger partial charge < -0.3 is 10.6 Å². The van der Waals surface area contributed by atoms with E-state index >= 15 is 0 Å². The Hall–Kier alpha value is -2.76. The predicted molar refractivity (Wildman–Crippen MR) is 97.8 cm³/mol. The highest BCUT2D eigenvalue weighted by Crippen LogP contribution is 2.15. The number of benzene rings is 2. The Bertz CT molecular complexity index is 687. The van der Waals surface area contributed by atoms with Crippen molar-refractivity contribution in [3.8, 4) is 0 Å². The van der Waals surface area contributed by atoms with Crippen LogP contribution in [0, 0.1) is 11.6 Å². The van der Waals surface area contributed by atoms with E-state index in [1.54, 1.807) is 24.3 Å². The maximum atomic E-state index is 13.4. The molecule has 2 aromatic rings. The van der Waals surface area contributed by atoms with Gasteiger partial charge in [0.1, 0.15) is 11.6 Å². The van der Waals surface area contributed by atoms with Crippen molar-refractivity contribution in [2.75, 3.05) is 10.6 Å². The second-order valence-electron chi connectivity index (χ2n) is 5.97. The Balaban J connectivity index is 1.56. The molecule has 0 radical (unpaired) electrons. The molecule has 0 bridgehead atoms. The van der Waals surface area contributed by atoms with Gasteiger partial charge in [-0.05, 0) is 37.1 Å². The van der Waals surface area contributed by atoms with Crippen LogP contribution in [0.25, 0.3) is 0 Å². The minimum atomic E-state index is -0.457. The van der Waals surface area contributed by atoms with Crippen LogP contribution < -0.4 is 10.6 Å². The second kappa shape index (κ2) is 10.3. The van der Waals surface area contributed by atoms with Gasteiger partial charge in [-0.3, -0.25) is 9.59 Å². The molecule has 0 atom stereocenters. The van der Waals surface area contributed by atoms with Crippen LogP contribution in [0.3, 0.4) is 0 Å². The molecule has 2 rings (SSSR count). The SMILES string of the molecule is O=C(CCCCCCC(=O)Nc1ccccc1F)Nc1ccccc1F. The minimum absolute atomic E-state index is 0.183. The van der Waals surface area contributed by atoms with Crippen molar-refractivity contribution in [1.82, 2.24) is 0 Å². The van der Waals surface area contributed by atoms with Crippen molar-refractivity contribution in [2.45, 2.75) is 38.5 Å². The van der Waals surface area contributed by atoms with E-state index in [0.29, 0.717) is 25.7 Å². The molecule has 0 heterocycles. The number of unbranched alkanes of at least 4 members (excludes halogenated alkanes) is 3. The molecule has 0 fully saturated rings. The van der Waals surface area contributed by atoms with Crippen LogP contribution in [0.4, 0.5) is 20.2 Å². The van der Waals surface area contributed by atoms with Crippen LogP contribution in [0.1, 0.15) is 38.5 Å². The molecule has 0 aliphatic heterocycles. The number of rotatable bonds is 9. The smallest absolute Gasteiger partial charge is 0.224 e. The summed E-state index contributed by atoms with van der Waals surface area (Å²) >= 11 is 0. The van der Waals surface area contributed by atoms with Gasteiger partial charge in [0.05, 0.1) is 11.4 Å². The van der Waals surface area contributed by atoms with E-state index in [1.165, 1.54) is 24.3 Å². The average Bonchev–Trinajstić information content (AvgIpc) is 2.62. The van der Waals surface area contributed by atoms with Gasteiger partial charge in [-0.1, -0.05) is 37.1 Å². The number of carbonyl (C=O) groups excluding carboxylic acids is 2. The van der Waals surface area contributed by atoms with E-state index in [-0.39, 0.29) is 23.2 Å². The van der Waals surface area contributed by atoms with Crippen molar-refractivity contribution in [2.24, 2.45) is 0 Å². The lowest BCUT2D eigenvalue weighted by Gasteiger charge is -2.07. The van der Waals surface area contributed by atoms with Gasteiger partial charge in [-0.25, -0.2) is 8.78 Å². The van der Waals surface area contributed by atoms with Crippen molar-refractivity contribution < 1.29 is 18.4 Å². The first kappa shape index (κ1) is 19.6. The van der Waals surface area contributed by atoms with Gasteiger partial charge in [0.2, 0.25) is 11.8 Å². The van der Waals surface area contributed by atoms with Crippen molar-refractivity contribution in [1.29, 1.82) is 0 Å². The lowest BCUT2D eigenvalue weighted by Crippen LogP contribution is -2.13. The summed E-state index contributed by atoms with van der Waals surface area (Å²) in [6, 6.07) is 12.1. The zero-order valence-corrected chi connectivity index (χ0v) is 14.4. The van der Waals surface area contributed by atoms with Gasteiger partial charge in [-0.15, -0.1) is 0 Å². The maximum absolute atomic E-state index is 13.4. The van der Waals surface area contributed by atoms with E-state index < -0.39 is 11.6 Å². The lowest BCUT2D eigenvalue weighted by atomic mass is 10.1. The number of carbonyl (C=O) groups is 2. The van der Waals surface area contributed by atoms with Crippen LogP contribution in [0.2, 0.25) is 0 Å². The molecular weight excluding hydrogens is 338 g/mol. The van der Waals surface area contributed by atoms with E-state index in [0.717, 1.165) is 12.8 Å². The fraction of sp³-hybridized carbons (Fsp3) is 0.300. The highest BCUT2D eigenvalue weighted by atomic mass is 19.1. The summed E-state index contributed by atoms with van der Waals surface area (Å²) in [5, 5.41) is 5.08. The van der Waals surface area contributed by atoms with Crippen molar-refractivity contribution >= 4 is 23.2 Å². The number of anilines is 2. The molecular formula is C20H22F2N2O2. The molecule has 26 heavy (non-hydrogen) atoms. The van der Waals surface area contributed by atoms with Gasteiger partial charge in [0.15, 0.2) is 0 Å². The molecule has 0 aromatic heterocycles. The Kier molecular flexibility index (Phi) is 7.74. The Morgan fingerprint density at radius 1 is 0.654 bits per heavy atom. The first-order valence-corrected chi connectivity index (χ1v) is 8.65. The third-order valence-corrected chi connectivity index (χ3v) is 3.85. The number of nitrogens with one attached hydrogen (secondary N) is 2. The predicted octanol–water partition coefficient (Wildman–Crippen LogP) is 4.88. The Morgan fingerprint density at radius 2 is 1.04 bits per heavy atom. The molecule has 0 spiro atoms. The highest BCUT2D eigenvalue weighted by Gasteiger charge is 2.07. The fourth-order valence-electron chi connectivity index (χ4n) is 2.48. The number of halogens is 2. The first-order valence-electron chi connectivity index (χ1n) is 8.65. The van der Waals surface area contributed by atoms with Gasteiger partial charge in [0.25, 0.3) is 0 Å². The normalized spacial score (nSPS) is 10.4. The summed E-state index contributed by atoms with van der Waals surface area (Å²) in [6.07, 6.45) is 3.51. The summed E-state index contributed by atoms with van der Waals surface area (Å²) in [7, 11) is 0.